The zero-order valence-corrected chi connectivity index (χ0v) is 16.7. The van der Waals surface area contributed by atoms with Crippen LogP contribution in [-0.2, 0) is 11.3 Å². The molecular formula is C19H22N4O2S2. The van der Waals surface area contributed by atoms with E-state index in [9.17, 15) is 9.59 Å². The van der Waals surface area contributed by atoms with Crippen molar-refractivity contribution in [2.24, 2.45) is 5.73 Å². The van der Waals surface area contributed by atoms with Crippen LogP contribution >= 0.6 is 23.1 Å². The molecule has 4 rings (SSSR count). The Labute approximate surface area is 165 Å². The molecule has 0 saturated carbocycles. The molecule has 1 amide bonds. The number of carbonyl (C=O) groups excluding carboxylic acids is 1. The first-order chi connectivity index (χ1) is 13.1. The van der Waals surface area contributed by atoms with E-state index in [1.807, 2.05) is 24.3 Å². The summed E-state index contributed by atoms with van der Waals surface area (Å²) in [6.45, 7) is 3.88. The summed E-state index contributed by atoms with van der Waals surface area (Å²) < 4.78 is 3.46. The standard InChI is InChI=1S/C19H22N4O2S2/c20-15(24)12-26-19-21-16-13-6-1-2-7-14(13)27-17(16)18(25)23(19)11-5-10-22-8-3-4-9-22/h1-2,6-7H,3-5,8-12H2,(H2,20,24). The number of fused-ring (bicyclic) bond motifs is 3. The van der Waals surface area contributed by atoms with Gasteiger partial charge in [-0.15, -0.1) is 11.3 Å². The molecule has 8 heteroatoms. The van der Waals surface area contributed by atoms with E-state index in [1.165, 1.54) is 35.9 Å². The third-order valence-corrected chi connectivity index (χ3v) is 6.99. The Kier molecular flexibility index (Phi) is 5.47. The number of benzene rings is 1. The molecule has 0 aliphatic carbocycles. The Balaban J connectivity index is 1.70. The molecule has 27 heavy (non-hydrogen) atoms. The lowest BCUT2D eigenvalue weighted by Crippen LogP contribution is -2.27. The molecule has 2 aromatic heterocycles. The molecule has 1 saturated heterocycles. The Bertz CT molecular complexity index is 1040. The van der Waals surface area contributed by atoms with Gasteiger partial charge in [0, 0.05) is 16.6 Å². The lowest BCUT2D eigenvalue weighted by Gasteiger charge is -2.16. The van der Waals surface area contributed by atoms with E-state index in [4.69, 9.17) is 10.7 Å². The lowest BCUT2D eigenvalue weighted by molar-refractivity contribution is -0.115. The van der Waals surface area contributed by atoms with Gasteiger partial charge in [-0.2, -0.15) is 0 Å². The molecule has 1 aromatic carbocycles. The van der Waals surface area contributed by atoms with Gasteiger partial charge in [0.1, 0.15) is 4.70 Å². The number of hydrogen-bond donors (Lipinski definition) is 1. The highest BCUT2D eigenvalue weighted by Crippen LogP contribution is 2.31. The van der Waals surface area contributed by atoms with Gasteiger partial charge in [0.15, 0.2) is 5.16 Å². The van der Waals surface area contributed by atoms with Gasteiger partial charge in [0.25, 0.3) is 5.56 Å². The third-order valence-electron chi connectivity index (χ3n) is 4.85. The summed E-state index contributed by atoms with van der Waals surface area (Å²) >= 11 is 2.73. The van der Waals surface area contributed by atoms with Crippen molar-refractivity contribution in [1.29, 1.82) is 0 Å². The summed E-state index contributed by atoms with van der Waals surface area (Å²) in [6, 6.07) is 7.92. The predicted octanol–water partition coefficient (Wildman–Crippen LogP) is 2.67. The first-order valence-electron chi connectivity index (χ1n) is 9.19. The van der Waals surface area contributed by atoms with Crippen LogP contribution in [0.5, 0.6) is 0 Å². The minimum absolute atomic E-state index is 0.0189. The van der Waals surface area contributed by atoms with Gasteiger partial charge in [-0.1, -0.05) is 30.0 Å². The monoisotopic (exact) mass is 402 g/mol. The van der Waals surface area contributed by atoms with Crippen LogP contribution in [0.4, 0.5) is 0 Å². The minimum atomic E-state index is -0.409. The smallest absolute Gasteiger partial charge is 0.272 e. The maximum atomic E-state index is 13.2. The largest absolute Gasteiger partial charge is 0.369 e. The Morgan fingerprint density at radius 3 is 2.78 bits per heavy atom. The molecule has 3 aromatic rings. The van der Waals surface area contributed by atoms with Crippen molar-refractivity contribution in [3.8, 4) is 0 Å². The van der Waals surface area contributed by atoms with E-state index < -0.39 is 5.91 Å². The number of thioether (sulfide) groups is 1. The fourth-order valence-corrected chi connectivity index (χ4v) is 5.40. The first kappa shape index (κ1) is 18.5. The van der Waals surface area contributed by atoms with Gasteiger partial charge in [-0.25, -0.2) is 4.98 Å². The molecule has 6 nitrogen and oxygen atoms in total. The molecule has 2 N–H and O–H groups in total. The lowest BCUT2D eigenvalue weighted by atomic mass is 10.2. The number of rotatable bonds is 7. The van der Waals surface area contributed by atoms with Crippen molar-refractivity contribution in [3.05, 3.63) is 34.6 Å². The molecule has 1 aliphatic rings. The van der Waals surface area contributed by atoms with Crippen molar-refractivity contribution < 1.29 is 4.79 Å². The normalized spacial score (nSPS) is 15.1. The summed E-state index contributed by atoms with van der Waals surface area (Å²) in [5, 5.41) is 1.57. The van der Waals surface area contributed by atoms with E-state index in [1.54, 1.807) is 4.57 Å². The molecule has 1 aliphatic heterocycles. The molecule has 3 heterocycles. The topological polar surface area (TPSA) is 81.2 Å². The fraction of sp³-hybridized carbons (Fsp3) is 0.421. The van der Waals surface area contributed by atoms with Crippen LogP contribution in [0.3, 0.4) is 0 Å². The average Bonchev–Trinajstić information content (AvgIpc) is 3.30. The number of amides is 1. The number of nitrogens with zero attached hydrogens (tertiary/aromatic N) is 3. The van der Waals surface area contributed by atoms with Crippen LogP contribution in [-0.4, -0.2) is 45.7 Å². The van der Waals surface area contributed by atoms with Gasteiger partial charge in [0.2, 0.25) is 5.91 Å². The number of carbonyl (C=O) groups is 1. The summed E-state index contributed by atoms with van der Waals surface area (Å²) in [5.74, 6) is -0.292. The van der Waals surface area contributed by atoms with Gasteiger partial charge in [0.05, 0.1) is 11.3 Å². The Hall–Kier alpha value is -1.90. The molecule has 0 bridgehead atoms. The second-order valence-corrected chi connectivity index (χ2v) is 8.78. The molecule has 0 unspecified atom stereocenters. The summed E-state index contributed by atoms with van der Waals surface area (Å²) in [7, 11) is 0. The van der Waals surface area contributed by atoms with Crippen molar-refractivity contribution in [1.82, 2.24) is 14.5 Å². The molecular weight excluding hydrogens is 380 g/mol. The van der Waals surface area contributed by atoms with Crippen LogP contribution in [0.15, 0.2) is 34.2 Å². The van der Waals surface area contributed by atoms with Crippen molar-refractivity contribution in [2.75, 3.05) is 25.4 Å². The minimum Gasteiger partial charge on any atom is -0.369 e. The van der Waals surface area contributed by atoms with E-state index in [0.29, 0.717) is 16.4 Å². The highest BCUT2D eigenvalue weighted by molar-refractivity contribution is 7.99. The van der Waals surface area contributed by atoms with Gasteiger partial charge >= 0.3 is 0 Å². The summed E-state index contributed by atoms with van der Waals surface area (Å²) in [4.78, 5) is 31.6. The van der Waals surface area contributed by atoms with E-state index >= 15 is 0 Å². The van der Waals surface area contributed by atoms with E-state index in [0.717, 1.165) is 41.7 Å². The van der Waals surface area contributed by atoms with Crippen molar-refractivity contribution >= 4 is 49.3 Å². The van der Waals surface area contributed by atoms with Crippen LogP contribution in [0, 0.1) is 0 Å². The van der Waals surface area contributed by atoms with E-state index in [-0.39, 0.29) is 11.3 Å². The number of aromatic nitrogens is 2. The number of hydrogen-bond acceptors (Lipinski definition) is 6. The van der Waals surface area contributed by atoms with Gasteiger partial charge in [-0.3, -0.25) is 14.2 Å². The van der Waals surface area contributed by atoms with Crippen LogP contribution < -0.4 is 11.3 Å². The van der Waals surface area contributed by atoms with Crippen LogP contribution in [0.2, 0.25) is 0 Å². The van der Waals surface area contributed by atoms with Gasteiger partial charge in [-0.05, 0) is 45.0 Å². The number of primary amides is 1. The number of nitrogens with two attached hydrogens (primary N) is 1. The first-order valence-corrected chi connectivity index (χ1v) is 11.0. The molecule has 1 fully saturated rings. The molecule has 0 spiro atoms. The molecule has 0 atom stereocenters. The zero-order chi connectivity index (χ0) is 18.8. The second kappa shape index (κ2) is 8.00. The van der Waals surface area contributed by atoms with Crippen LogP contribution in [0.25, 0.3) is 20.3 Å². The highest BCUT2D eigenvalue weighted by Gasteiger charge is 2.17. The number of thiophene rings is 1. The third kappa shape index (κ3) is 3.88. The Morgan fingerprint density at radius 2 is 2.00 bits per heavy atom. The predicted molar refractivity (Wildman–Crippen MR) is 112 cm³/mol. The van der Waals surface area contributed by atoms with E-state index in [2.05, 4.69) is 4.90 Å². The summed E-state index contributed by atoms with van der Waals surface area (Å²) in [5.41, 5.74) is 6.02. The molecule has 0 radical (unpaired) electrons. The second-order valence-electron chi connectivity index (χ2n) is 6.78. The number of likely N-dealkylation sites (tertiary alicyclic amines) is 1. The van der Waals surface area contributed by atoms with Crippen LogP contribution in [0.1, 0.15) is 19.3 Å². The average molecular weight is 403 g/mol. The zero-order valence-electron chi connectivity index (χ0n) is 15.0. The molecule has 142 valence electrons. The SMILES string of the molecule is NC(=O)CSc1nc2c(sc3ccccc32)c(=O)n1CCCN1CCCC1. The van der Waals surface area contributed by atoms with Crippen molar-refractivity contribution in [3.63, 3.8) is 0 Å². The van der Waals surface area contributed by atoms with Crippen molar-refractivity contribution in [2.45, 2.75) is 31.0 Å². The summed E-state index contributed by atoms with van der Waals surface area (Å²) in [6.07, 6.45) is 3.41. The highest BCUT2D eigenvalue weighted by atomic mass is 32.2. The maximum absolute atomic E-state index is 13.2. The quantitative estimate of drug-likeness (QED) is 0.485. The Morgan fingerprint density at radius 1 is 1.22 bits per heavy atom. The maximum Gasteiger partial charge on any atom is 0.272 e. The fourth-order valence-electron chi connectivity index (χ4n) is 3.55. The van der Waals surface area contributed by atoms with Gasteiger partial charge < -0.3 is 10.6 Å².